The number of halogens is 2. The van der Waals surface area contributed by atoms with Crippen LogP contribution in [0.5, 0.6) is 0 Å². The smallest absolute Gasteiger partial charge is 0.354 e. The highest BCUT2D eigenvalue weighted by Gasteiger charge is 2.35. The number of pyridine rings is 2. The van der Waals surface area contributed by atoms with Gasteiger partial charge in [0.25, 0.3) is 0 Å². The predicted octanol–water partition coefficient (Wildman–Crippen LogP) is 8.03. The van der Waals surface area contributed by atoms with Gasteiger partial charge in [0.1, 0.15) is 5.69 Å². The van der Waals surface area contributed by atoms with Crippen molar-refractivity contribution in [2.45, 2.75) is 44.2 Å². The Kier molecular flexibility index (Phi) is 6.91. The number of aryl methyl sites for hydroxylation is 1. The molecule has 38 heavy (non-hydrogen) atoms. The molecule has 192 valence electrons. The van der Waals surface area contributed by atoms with Crippen LogP contribution < -0.4 is 0 Å². The number of carbonyl (C=O) groups is 1. The Balaban J connectivity index is 1.34. The Morgan fingerprint density at radius 3 is 2.63 bits per heavy atom. The summed E-state index contributed by atoms with van der Waals surface area (Å²) in [6.45, 7) is 1.03. The Morgan fingerprint density at radius 1 is 0.921 bits per heavy atom. The average molecular weight is 544 g/mol. The summed E-state index contributed by atoms with van der Waals surface area (Å²) in [7, 11) is 0. The van der Waals surface area contributed by atoms with Gasteiger partial charge in [-0.05, 0) is 91.7 Å². The second kappa shape index (κ2) is 10.5. The fourth-order valence-corrected chi connectivity index (χ4v) is 6.54. The van der Waals surface area contributed by atoms with Crippen LogP contribution in [0.15, 0.2) is 73.1 Å². The number of rotatable bonds is 5. The van der Waals surface area contributed by atoms with Crippen LogP contribution in [0.3, 0.4) is 0 Å². The zero-order valence-electron chi connectivity index (χ0n) is 20.8. The summed E-state index contributed by atoms with van der Waals surface area (Å²) in [5.74, 6) is -1.02. The largest absolute Gasteiger partial charge is 0.477 e. The molecule has 0 amide bonds. The van der Waals surface area contributed by atoms with E-state index in [1.54, 1.807) is 12.1 Å². The Labute approximate surface area is 232 Å². The molecule has 0 bridgehead atoms. The first-order valence-electron chi connectivity index (χ1n) is 13.0. The molecule has 2 atom stereocenters. The second-order valence-electron chi connectivity index (χ2n) is 10.1. The minimum Gasteiger partial charge on any atom is -0.477 e. The maximum atomic E-state index is 11.5. The molecule has 1 fully saturated rings. The zero-order chi connectivity index (χ0) is 26.2. The van der Waals surface area contributed by atoms with E-state index in [0.717, 1.165) is 55.3 Å². The maximum absolute atomic E-state index is 11.5. The number of fused-ring (bicyclic) bond motifs is 1. The van der Waals surface area contributed by atoms with E-state index < -0.39 is 5.97 Å². The molecule has 0 saturated carbocycles. The third-order valence-electron chi connectivity index (χ3n) is 7.77. The quantitative estimate of drug-likeness (QED) is 0.276. The maximum Gasteiger partial charge on any atom is 0.354 e. The lowest BCUT2D eigenvalue weighted by atomic mass is 9.84. The number of aromatic carboxylic acids is 1. The van der Waals surface area contributed by atoms with Gasteiger partial charge in [-0.1, -0.05) is 47.5 Å². The normalized spacial score (nSPS) is 19.3. The Bertz CT molecular complexity index is 1520. The lowest BCUT2D eigenvalue weighted by Crippen LogP contribution is -2.31. The van der Waals surface area contributed by atoms with Gasteiger partial charge >= 0.3 is 5.97 Å². The molecule has 2 aromatic heterocycles. The molecule has 2 aromatic carbocycles. The summed E-state index contributed by atoms with van der Waals surface area (Å²) in [6.07, 6.45) is 9.34. The summed E-state index contributed by atoms with van der Waals surface area (Å²) < 4.78 is 0. The van der Waals surface area contributed by atoms with Crippen molar-refractivity contribution in [2.75, 3.05) is 6.54 Å². The highest BCUT2D eigenvalue weighted by atomic mass is 35.5. The number of likely N-dealkylation sites (tertiary alicyclic amines) is 1. The van der Waals surface area contributed by atoms with Gasteiger partial charge in [-0.3, -0.25) is 9.88 Å². The van der Waals surface area contributed by atoms with Crippen LogP contribution in [0.1, 0.15) is 64.9 Å². The average Bonchev–Trinajstić information content (AvgIpc) is 3.42. The van der Waals surface area contributed by atoms with Gasteiger partial charge in [-0.15, -0.1) is 0 Å². The minimum atomic E-state index is -1.02. The standard InChI is InChI=1S/C31H27Cl2N3O2/c32-23-11-12-24(26(33)16-23)21-14-22(18-34-17-21)29-8-3-13-36(29)30-7-1-4-19-9-10-20(15-25(19)30)27-5-2-6-28(35-27)31(37)38/h2,5-6,9-12,14-18,29-30H,1,3-4,7-8,13H2,(H,37,38)/t29-,30+/m0/s1. The highest BCUT2D eigenvalue weighted by molar-refractivity contribution is 6.36. The monoisotopic (exact) mass is 543 g/mol. The van der Waals surface area contributed by atoms with Crippen LogP contribution in [0, 0.1) is 0 Å². The van der Waals surface area contributed by atoms with E-state index in [1.165, 1.54) is 22.8 Å². The van der Waals surface area contributed by atoms with Crippen molar-refractivity contribution in [1.82, 2.24) is 14.9 Å². The van der Waals surface area contributed by atoms with Crippen molar-refractivity contribution >= 4 is 29.2 Å². The molecule has 1 aliphatic heterocycles. The summed E-state index contributed by atoms with van der Waals surface area (Å²) in [4.78, 5) is 23.1. The minimum absolute atomic E-state index is 0.0598. The first kappa shape index (κ1) is 25.1. The molecule has 0 unspecified atom stereocenters. The van der Waals surface area contributed by atoms with Gasteiger partial charge in [0, 0.05) is 51.2 Å². The van der Waals surface area contributed by atoms with E-state index in [4.69, 9.17) is 23.2 Å². The molecule has 0 spiro atoms. The van der Waals surface area contributed by atoms with E-state index in [0.29, 0.717) is 15.7 Å². The lowest BCUT2D eigenvalue weighted by Gasteiger charge is -2.37. The Morgan fingerprint density at radius 2 is 1.79 bits per heavy atom. The van der Waals surface area contributed by atoms with Crippen LogP contribution in [-0.2, 0) is 6.42 Å². The predicted molar refractivity (Wildman–Crippen MR) is 151 cm³/mol. The fraction of sp³-hybridized carbons (Fsp3) is 0.258. The first-order chi connectivity index (χ1) is 18.5. The van der Waals surface area contributed by atoms with Crippen molar-refractivity contribution < 1.29 is 9.90 Å². The highest BCUT2D eigenvalue weighted by Crippen LogP contribution is 2.45. The van der Waals surface area contributed by atoms with Crippen molar-refractivity contribution in [3.8, 4) is 22.4 Å². The molecule has 0 radical (unpaired) electrons. The van der Waals surface area contributed by atoms with Crippen LogP contribution in [0.25, 0.3) is 22.4 Å². The SMILES string of the molecule is O=C(O)c1cccc(-c2ccc3c(c2)[C@H](N2CCC[C@H]2c2cncc(-c4ccc(Cl)cc4Cl)c2)CCC3)n1. The molecule has 3 heterocycles. The number of nitrogens with zero attached hydrogens (tertiary/aromatic N) is 3. The van der Waals surface area contributed by atoms with E-state index >= 15 is 0 Å². The van der Waals surface area contributed by atoms with E-state index in [9.17, 15) is 9.90 Å². The number of hydrogen-bond donors (Lipinski definition) is 1. The molecular formula is C31H27Cl2N3O2. The number of carboxylic acids is 1. The van der Waals surface area contributed by atoms with Crippen molar-refractivity contribution in [2.24, 2.45) is 0 Å². The summed E-state index contributed by atoms with van der Waals surface area (Å²) >= 11 is 12.6. The van der Waals surface area contributed by atoms with Crippen molar-refractivity contribution in [3.63, 3.8) is 0 Å². The van der Waals surface area contributed by atoms with Crippen LogP contribution in [-0.4, -0.2) is 32.5 Å². The van der Waals surface area contributed by atoms with Gasteiger partial charge in [-0.25, -0.2) is 9.78 Å². The van der Waals surface area contributed by atoms with Crippen molar-refractivity contribution in [3.05, 3.63) is 105 Å². The second-order valence-corrected chi connectivity index (χ2v) is 10.9. The fourth-order valence-electron chi connectivity index (χ4n) is 6.02. The van der Waals surface area contributed by atoms with E-state index in [-0.39, 0.29) is 17.8 Å². The van der Waals surface area contributed by atoms with E-state index in [1.807, 2.05) is 30.6 Å². The first-order valence-corrected chi connectivity index (χ1v) is 13.7. The third-order valence-corrected chi connectivity index (χ3v) is 8.32. The van der Waals surface area contributed by atoms with Crippen molar-refractivity contribution in [1.29, 1.82) is 0 Å². The molecule has 6 rings (SSSR count). The molecule has 1 N–H and O–H groups in total. The van der Waals surface area contributed by atoms with E-state index in [2.05, 4.69) is 39.1 Å². The van der Waals surface area contributed by atoms with Crippen LogP contribution in [0.4, 0.5) is 0 Å². The molecule has 5 nitrogen and oxygen atoms in total. The topological polar surface area (TPSA) is 66.3 Å². The third kappa shape index (κ3) is 4.82. The van der Waals surface area contributed by atoms with Gasteiger partial charge in [0.2, 0.25) is 0 Å². The van der Waals surface area contributed by atoms with Crippen LogP contribution in [0.2, 0.25) is 10.0 Å². The summed E-state index contributed by atoms with van der Waals surface area (Å²) in [6, 6.07) is 20.0. The number of hydrogen-bond acceptors (Lipinski definition) is 4. The van der Waals surface area contributed by atoms with Gasteiger partial charge in [-0.2, -0.15) is 0 Å². The van der Waals surface area contributed by atoms with Gasteiger partial charge in [0.15, 0.2) is 0 Å². The summed E-state index contributed by atoms with van der Waals surface area (Å²) in [5.41, 5.74) is 7.51. The zero-order valence-corrected chi connectivity index (χ0v) is 22.3. The van der Waals surface area contributed by atoms with Gasteiger partial charge in [0.05, 0.1) is 5.69 Å². The van der Waals surface area contributed by atoms with Gasteiger partial charge < -0.3 is 5.11 Å². The molecule has 4 aromatic rings. The number of benzene rings is 2. The summed E-state index contributed by atoms with van der Waals surface area (Å²) in [5, 5.41) is 10.6. The Hall–Kier alpha value is -3.25. The molecular weight excluding hydrogens is 517 g/mol. The number of aromatic nitrogens is 2. The molecule has 2 aliphatic rings. The van der Waals surface area contributed by atoms with Crippen LogP contribution >= 0.6 is 23.2 Å². The molecule has 7 heteroatoms. The lowest BCUT2D eigenvalue weighted by molar-refractivity contribution is 0.0690. The molecule has 1 aliphatic carbocycles. The molecule has 1 saturated heterocycles. The number of carboxylic acid groups (broad SMARTS) is 1.